The molecule has 0 saturated heterocycles. The first-order chi connectivity index (χ1) is 9.70. The van der Waals surface area contributed by atoms with E-state index in [1.54, 1.807) is 6.07 Å². The van der Waals surface area contributed by atoms with Crippen LogP contribution < -0.4 is 11.1 Å². The minimum absolute atomic E-state index is 0.0171. The van der Waals surface area contributed by atoms with Gasteiger partial charge in [0.1, 0.15) is 5.25 Å². The number of carbonyl (C=O) groups is 1. The molecule has 0 fully saturated rings. The van der Waals surface area contributed by atoms with Gasteiger partial charge in [-0.2, -0.15) is 0 Å². The first kappa shape index (κ1) is 18.0. The summed E-state index contributed by atoms with van der Waals surface area (Å²) >= 11 is 3.22. The molecule has 5 nitrogen and oxygen atoms in total. The van der Waals surface area contributed by atoms with E-state index in [9.17, 15) is 13.2 Å². The molecule has 0 spiro atoms. The van der Waals surface area contributed by atoms with Gasteiger partial charge in [-0.3, -0.25) is 4.79 Å². The zero-order chi connectivity index (χ0) is 16.2. The van der Waals surface area contributed by atoms with Gasteiger partial charge in [0.25, 0.3) is 0 Å². The zero-order valence-corrected chi connectivity index (χ0v) is 14.8. The van der Waals surface area contributed by atoms with Gasteiger partial charge in [-0.1, -0.05) is 29.3 Å². The van der Waals surface area contributed by atoms with Crippen LogP contribution in [0.3, 0.4) is 0 Å². The lowest BCUT2D eigenvalue weighted by Crippen LogP contribution is -2.42. The Hall–Kier alpha value is -1.08. The largest absolute Gasteiger partial charge is 0.398 e. The van der Waals surface area contributed by atoms with Gasteiger partial charge in [-0.05, 0) is 38.5 Å². The van der Waals surface area contributed by atoms with Gasteiger partial charge in [0.15, 0.2) is 9.84 Å². The Bertz CT molecular complexity index is 617. The van der Waals surface area contributed by atoms with Gasteiger partial charge >= 0.3 is 0 Å². The van der Waals surface area contributed by atoms with Crippen LogP contribution in [0.15, 0.2) is 27.6 Å². The molecule has 2 atom stereocenters. The van der Waals surface area contributed by atoms with E-state index in [1.807, 2.05) is 13.8 Å². The maximum atomic E-state index is 12.5. The smallest absolute Gasteiger partial charge is 0.238 e. The number of nitrogens with two attached hydrogens (primary N) is 1. The van der Waals surface area contributed by atoms with Gasteiger partial charge in [0.2, 0.25) is 5.91 Å². The van der Waals surface area contributed by atoms with Gasteiger partial charge < -0.3 is 11.1 Å². The molecule has 2 unspecified atom stereocenters. The van der Waals surface area contributed by atoms with Crippen LogP contribution in [0.5, 0.6) is 0 Å². The van der Waals surface area contributed by atoms with Crippen molar-refractivity contribution >= 4 is 37.4 Å². The summed E-state index contributed by atoms with van der Waals surface area (Å²) in [5, 5.41) is 1.54. The molecule has 0 aromatic heterocycles. The fourth-order valence-corrected chi connectivity index (χ4v) is 3.73. The summed E-state index contributed by atoms with van der Waals surface area (Å²) < 4.78 is 25.7. The van der Waals surface area contributed by atoms with E-state index in [0.717, 1.165) is 12.8 Å². The van der Waals surface area contributed by atoms with E-state index in [2.05, 4.69) is 21.2 Å². The SMILES string of the molecule is CCCC(C)NC(=O)C(C)S(=O)(=O)c1ccc(Br)cc1N. The molecule has 118 valence electrons. The van der Waals surface area contributed by atoms with Crippen LogP contribution in [-0.4, -0.2) is 25.6 Å². The predicted molar refractivity (Wildman–Crippen MR) is 87.7 cm³/mol. The van der Waals surface area contributed by atoms with Crippen molar-refractivity contribution in [1.82, 2.24) is 5.32 Å². The summed E-state index contributed by atoms with van der Waals surface area (Å²) in [4.78, 5) is 12.1. The first-order valence-corrected chi connectivity index (χ1v) is 9.13. The highest BCUT2D eigenvalue weighted by Gasteiger charge is 2.31. The molecule has 0 radical (unpaired) electrons. The Morgan fingerprint density at radius 3 is 2.52 bits per heavy atom. The van der Waals surface area contributed by atoms with Crippen LogP contribution >= 0.6 is 15.9 Å². The molecule has 1 rings (SSSR count). The number of carbonyl (C=O) groups excluding carboxylic acids is 1. The number of hydrogen-bond donors (Lipinski definition) is 2. The molecule has 21 heavy (non-hydrogen) atoms. The Kier molecular flexibility index (Phi) is 6.22. The maximum absolute atomic E-state index is 12.5. The molecule has 0 saturated carbocycles. The van der Waals surface area contributed by atoms with Crippen molar-refractivity contribution in [2.45, 2.75) is 49.8 Å². The lowest BCUT2D eigenvalue weighted by molar-refractivity contribution is -0.121. The number of sulfone groups is 1. The van der Waals surface area contributed by atoms with Crippen molar-refractivity contribution in [3.63, 3.8) is 0 Å². The van der Waals surface area contributed by atoms with Crippen LogP contribution in [0.2, 0.25) is 0 Å². The van der Waals surface area contributed by atoms with E-state index < -0.39 is 21.0 Å². The monoisotopic (exact) mass is 376 g/mol. The first-order valence-electron chi connectivity index (χ1n) is 6.79. The quantitative estimate of drug-likeness (QED) is 0.746. The molecule has 0 aliphatic carbocycles. The second-order valence-corrected chi connectivity index (χ2v) is 8.22. The summed E-state index contributed by atoms with van der Waals surface area (Å²) in [5.74, 6) is -0.502. The van der Waals surface area contributed by atoms with Crippen molar-refractivity contribution in [2.75, 3.05) is 5.73 Å². The highest BCUT2D eigenvalue weighted by Crippen LogP contribution is 2.26. The molecule has 1 aromatic rings. The van der Waals surface area contributed by atoms with E-state index in [0.29, 0.717) is 4.47 Å². The van der Waals surface area contributed by atoms with Crippen LogP contribution in [0.1, 0.15) is 33.6 Å². The Morgan fingerprint density at radius 2 is 2.00 bits per heavy atom. The summed E-state index contributed by atoms with van der Waals surface area (Å²) in [5.41, 5.74) is 5.88. The Labute approximate surface area is 134 Å². The van der Waals surface area contributed by atoms with Crippen molar-refractivity contribution in [1.29, 1.82) is 0 Å². The lowest BCUT2D eigenvalue weighted by atomic mass is 10.2. The van der Waals surface area contributed by atoms with Crippen LogP contribution in [0.25, 0.3) is 0 Å². The third kappa shape index (κ3) is 4.44. The van der Waals surface area contributed by atoms with Gasteiger partial charge in [0, 0.05) is 10.5 Å². The zero-order valence-electron chi connectivity index (χ0n) is 12.4. The molecular weight excluding hydrogens is 356 g/mol. The van der Waals surface area contributed by atoms with Crippen molar-refractivity contribution in [2.24, 2.45) is 0 Å². The number of amides is 1. The topological polar surface area (TPSA) is 89.3 Å². The fourth-order valence-electron chi connectivity index (χ4n) is 1.98. The second kappa shape index (κ2) is 7.26. The third-order valence-corrected chi connectivity index (χ3v) is 5.85. The fraction of sp³-hybridized carbons (Fsp3) is 0.500. The van der Waals surface area contributed by atoms with Crippen molar-refractivity contribution in [3.05, 3.63) is 22.7 Å². The van der Waals surface area contributed by atoms with Crippen LogP contribution in [-0.2, 0) is 14.6 Å². The van der Waals surface area contributed by atoms with E-state index in [1.165, 1.54) is 19.1 Å². The number of nitrogens with one attached hydrogen (secondary N) is 1. The lowest BCUT2D eigenvalue weighted by Gasteiger charge is -2.18. The van der Waals surface area contributed by atoms with E-state index >= 15 is 0 Å². The normalized spacial score (nSPS) is 14.5. The minimum atomic E-state index is -3.80. The van der Waals surface area contributed by atoms with Gasteiger partial charge in [0.05, 0.1) is 10.6 Å². The summed E-state index contributed by atoms with van der Waals surface area (Å²) in [7, 11) is -3.80. The van der Waals surface area contributed by atoms with Crippen LogP contribution in [0.4, 0.5) is 5.69 Å². The molecule has 1 aromatic carbocycles. The number of nitrogen functional groups attached to an aromatic ring is 1. The van der Waals surface area contributed by atoms with Gasteiger partial charge in [-0.25, -0.2) is 8.42 Å². The van der Waals surface area contributed by atoms with E-state index in [-0.39, 0.29) is 16.6 Å². The molecule has 0 bridgehead atoms. The number of halogens is 1. The second-order valence-electron chi connectivity index (χ2n) is 5.07. The molecule has 7 heteroatoms. The minimum Gasteiger partial charge on any atom is -0.398 e. The molecule has 0 heterocycles. The van der Waals surface area contributed by atoms with E-state index in [4.69, 9.17) is 5.73 Å². The number of rotatable bonds is 6. The Balaban J connectivity index is 2.99. The highest BCUT2D eigenvalue weighted by atomic mass is 79.9. The maximum Gasteiger partial charge on any atom is 0.238 e. The molecule has 0 aliphatic rings. The number of benzene rings is 1. The highest BCUT2D eigenvalue weighted by molar-refractivity contribution is 9.10. The average Bonchev–Trinajstić information content (AvgIpc) is 2.37. The Morgan fingerprint density at radius 1 is 1.38 bits per heavy atom. The number of anilines is 1. The van der Waals surface area contributed by atoms with Crippen molar-refractivity contribution in [3.8, 4) is 0 Å². The third-order valence-electron chi connectivity index (χ3n) is 3.22. The van der Waals surface area contributed by atoms with Gasteiger partial charge in [-0.15, -0.1) is 0 Å². The van der Waals surface area contributed by atoms with Crippen LogP contribution in [0, 0.1) is 0 Å². The summed E-state index contributed by atoms with van der Waals surface area (Å²) in [6, 6.07) is 4.46. The summed E-state index contributed by atoms with van der Waals surface area (Å²) in [6.45, 7) is 5.24. The molecule has 1 amide bonds. The number of hydrogen-bond acceptors (Lipinski definition) is 4. The van der Waals surface area contributed by atoms with Crippen molar-refractivity contribution < 1.29 is 13.2 Å². The standard InChI is InChI=1S/C14H21BrN2O3S/c1-4-5-9(2)17-14(18)10(3)21(19,20)13-7-6-11(15)8-12(13)16/h6-10H,4-5,16H2,1-3H3,(H,17,18). The summed E-state index contributed by atoms with van der Waals surface area (Å²) in [6.07, 6.45) is 1.72. The molecule has 3 N–H and O–H groups in total. The molecule has 0 aliphatic heterocycles. The average molecular weight is 377 g/mol. The predicted octanol–water partition coefficient (Wildman–Crippen LogP) is 2.50. The molecular formula is C14H21BrN2O3S.